The second kappa shape index (κ2) is 7.50. The zero-order chi connectivity index (χ0) is 15.3. The Morgan fingerprint density at radius 1 is 1.60 bits per heavy atom. The third kappa shape index (κ3) is 4.11. The van der Waals surface area contributed by atoms with Crippen LogP contribution in [0.2, 0.25) is 5.02 Å². The van der Waals surface area contributed by atoms with Crippen LogP contribution in [0, 0.1) is 5.92 Å². The van der Waals surface area contributed by atoms with Crippen molar-refractivity contribution in [2.75, 3.05) is 13.1 Å². The lowest BCUT2D eigenvalue weighted by molar-refractivity contribution is 0.0753. The second-order valence-electron chi connectivity index (χ2n) is 4.39. The van der Waals surface area contributed by atoms with Gasteiger partial charge in [0, 0.05) is 28.5 Å². The summed E-state index contributed by atoms with van der Waals surface area (Å²) in [4.78, 5) is 14.1. The Hall–Kier alpha value is -1.27. The van der Waals surface area contributed by atoms with Crippen LogP contribution in [0.25, 0.3) is 0 Å². The van der Waals surface area contributed by atoms with E-state index >= 15 is 0 Å². The summed E-state index contributed by atoms with van der Waals surface area (Å²) in [5.41, 5.74) is 6.07. The molecule has 0 saturated carbocycles. The zero-order valence-electron chi connectivity index (χ0n) is 11.3. The number of carbonyl (C=O) groups excluding carboxylic acids is 1. The quantitative estimate of drug-likeness (QED) is 0.366. The van der Waals surface area contributed by atoms with Crippen molar-refractivity contribution in [3.8, 4) is 0 Å². The summed E-state index contributed by atoms with van der Waals surface area (Å²) in [7, 11) is 0. The third-order valence-electron chi connectivity index (χ3n) is 2.95. The molecule has 0 bridgehead atoms. The van der Waals surface area contributed by atoms with E-state index in [0.717, 1.165) is 0 Å². The van der Waals surface area contributed by atoms with E-state index in [0.29, 0.717) is 28.1 Å². The molecule has 0 spiro atoms. The average molecular weight is 363 g/mol. The zero-order valence-corrected chi connectivity index (χ0v) is 13.6. The molecule has 0 aromatic heterocycles. The van der Waals surface area contributed by atoms with Gasteiger partial charge in [0.15, 0.2) is 0 Å². The van der Waals surface area contributed by atoms with Gasteiger partial charge < -0.3 is 15.8 Å². The summed E-state index contributed by atoms with van der Waals surface area (Å²) in [5, 5.41) is 12.2. The number of oxime groups is 1. The number of amides is 1. The molecule has 0 aliphatic rings. The van der Waals surface area contributed by atoms with Gasteiger partial charge in [0.2, 0.25) is 0 Å². The van der Waals surface area contributed by atoms with Crippen LogP contribution >= 0.6 is 27.5 Å². The smallest absolute Gasteiger partial charge is 0.255 e. The summed E-state index contributed by atoms with van der Waals surface area (Å²) in [6.45, 7) is 4.57. The van der Waals surface area contributed by atoms with Gasteiger partial charge in [-0.05, 0) is 41.1 Å². The van der Waals surface area contributed by atoms with Crippen molar-refractivity contribution in [1.29, 1.82) is 0 Å². The lowest BCUT2D eigenvalue weighted by Crippen LogP contribution is -2.38. The van der Waals surface area contributed by atoms with Crippen LogP contribution in [0.5, 0.6) is 0 Å². The lowest BCUT2D eigenvalue weighted by Gasteiger charge is -2.24. The number of carbonyl (C=O) groups is 1. The number of benzene rings is 1. The fraction of sp³-hybridized carbons (Fsp3) is 0.385. The molecule has 0 radical (unpaired) electrons. The number of rotatable bonds is 5. The molecule has 0 aliphatic heterocycles. The molecule has 3 N–H and O–H groups in total. The summed E-state index contributed by atoms with van der Waals surface area (Å²) in [5.74, 6) is -0.255. The number of hydrogen-bond donors (Lipinski definition) is 2. The maximum atomic E-state index is 12.5. The first-order valence-corrected chi connectivity index (χ1v) is 7.29. The van der Waals surface area contributed by atoms with E-state index in [1.165, 1.54) is 0 Å². The Balaban J connectivity index is 2.92. The first-order valence-electron chi connectivity index (χ1n) is 6.12. The molecular formula is C13H17BrClN3O2. The lowest BCUT2D eigenvalue weighted by atomic mass is 10.1. The Kier molecular flexibility index (Phi) is 6.29. The Morgan fingerprint density at radius 2 is 2.25 bits per heavy atom. The number of halogens is 2. The normalized spacial score (nSPS) is 13.1. The van der Waals surface area contributed by atoms with E-state index in [4.69, 9.17) is 22.5 Å². The van der Waals surface area contributed by atoms with Crippen molar-refractivity contribution in [1.82, 2.24) is 4.90 Å². The largest absolute Gasteiger partial charge is 0.409 e. The highest BCUT2D eigenvalue weighted by atomic mass is 79.9. The van der Waals surface area contributed by atoms with Gasteiger partial charge in [-0.25, -0.2) is 0 Å². The fourth-order valence-electron chi connectivity index (χ4n) is 1.71. The maximum absolute atomic E-state index is 12.5. The van der Waals surface area contributed by atoms with Crippen LogP contribution in [0.15, 0.2) is 27.8 Å². The van der Waals surface area contributed by atoms with E-state index in [9.17, 15) is 4.79 Å². The first-order chi connectivity index (χ1) is 9.40. The van der Waals surface area contributed by atoms with E-state index in [2.05, 4.69) is 21.1 Å². The molecular weight excluding hydrogens is 346 g/mol. The van der Waals surface area contributed by atoms with Gasteiger partial charge in [-0.1, -0.05) is 23.7 Å². The van der Waals surface area contributed by atoms with Crippen molar-refractivity contribution < 1.29 is 10.0 Å². The van der Waals surface area contributed by atoms with Gasteiger partial charge in [0.1, 0.15) is 5.84 Å². The Morgan fingerprint density at radius 3 is 2.75 bits per heavy atom. The highest BCUT2D eigenvalue weighted by Gasteiger charge is 2.20. The summed E-state index contributed by atoms with van der Waals surface area (Å²) in [6, 6.07) is 5.02. The van der Waals surface area contributed by atoms with Crippen LogP contribution < -0.4 is 5.73 Å². The summed E-state index contributed by atoms with van der Waals surface area (Å²) >= 11 is 9.20. The predicted molar refractivity (Wildman–Crippen MR) is 83.3 cm³/mol. The molecule has 7 heteroatoms. The maximum Gasteiger partial charge on any atom is 0.255 e. The van der Waals surface area contributed by atoms with Gasteiger partial charge in [0.25, 0.3) is 5.91 Å². The first kappa shape index (κ1) is 16.8. The third-order valence-corrected chi connectivity index (χ3v) is 3.84. The van der Waals surface area contributed by atoms with Crippen LogP contribution in [0.1, 0.15) is 24.2 Å². The minimum Gasteiger partial charge on any atom is -0.409 e. The molecule has 1 unspecified atom stereocenters. The average Bonchev–Trinajstić information content (AvgIpc) is 2.42. The van der Waals surface area contributed by atoms with Gasteiger partial charge in [-0.3, -0.25) is 4.79 Å². The molecule has 0 heterocycles. The van der Waals surface area contributed by atoms with Crippen molar-refractivity contribution in [2.24, 2.45) is 16.8 Å². The minimum absolute atomic E-state index is 0.103. The SMILES string of the molecule is CCN(CC(C)/C(N)=N/O)C(=O)c1ccc(Cl)cc1Br. The van der Waals surface area contributed by atoms with Gasteiger partial charge in [-0.15, -0.1) is 0 Å². The molecule has 20 heavy (non-hydrogen) atoms. The number of amidine groups is 1. The van der Waals surface area contributed by atoms with E-state index in [1.54, 1.807) is 30.0 Å². The van der Waals surface area contributed by atoms with Crippen molar-refractivity contribution in [3.63, 3.8) is 0 Å². The van der Waals surface area contributed by atoms with Crippen LogP contribution in [0.3, 0.4) is 0 Å². The van der Waals surface area contributed by atoms with Crippen molar-refractivity contribution in [2.45, 2.75) is 13.8 Å². The molecule has 1 amide bonds. The Bertz CT molecular complexity index is 522. The number of hydrogen-bond acceptors (Lipinski definition) is 3. The van der Waals surface area contributed by atoms with Crippen LogP contribution in [0.4, 0.5) is 0 Å². The topological polar surface area (TPSA) is 78.9 Å². The molecule has 1 atom stereocenters. The molecule has 1 aromatic carbocycles. The highest BCUT2D eigenvalue weighted by Crippen LogP contribution is 2.23. The fourth-order valence-corrected chi connectivity index (χ4v) is 2.56. The van der Waals surface area contributed by atoms with Crippen molar-refractivity contribution in [3.05, 3.63) is 33.3 Å². The van der Waals surface area contributed by atoms with Crippen LogP contribution in [-0.4, -0.2) is 34.9 Å². The van der Waals surface area contributed by atoms with E-state index in [-0.39, 0.29) is 17.7 Å². The molecule has 1 aromatic rings. The number of nitrogens with two attached hydrogens (primary N) is 1. The standard InChI is InChI=1S/C13H17BrClN3O2/c1-3-18(7-8(2)12(16)17-20)13(19)10-5-4-9(15)6-11(10)14/h4-6,8,20H,3,7H2,1-2H3,(H2,16,17). The predicted octanol–water partition coefficient (Wildman–Crippen LogP) is 2.95. The highest BCUT2D eigenvalue weighted by molar-refractivity contribution is 9.10. The molecule has 0 saturated heterocycles. The van der Waals surface area contributed by atoms with Gasteiger partial charge in [0.05, 0.1) is 5.56 Å². The second-order valence-corrected chi connectivity index (χ2v) is 5.68. The number of nitrogens with zero attached hydrogens (tertiary/aromatic N) is 2. The molecule has 5 nitrogen and oxygen atoms in total. The van der Waals surface area contributed by atoms with Gasteiger partial charge in [-0.2, -0.15) is 0 Å². The summed E-state index contributed by atoms with van der Waals surface area (Å²) < 4.78 is 0.643. The molecule has 110 valence electrons. The minimum atomic E-state index is -0.227. The monoisotopic (exact) mass is 361 g/mol. The van der Waals surface area contributed by atoms with E-state index < -0.39 is 0 Å². The van der Waals surface area contributed by atoms with Crippen molar-refractivity contribution >= 4 is 39.3 Å². The Labute approximate surface area is 131 Å². The molecule has 1 rings (SSSR count). The summed E-state index contributed by atoms with van der Waals surface area (Å²) in [6.07, 6.45) is 0. The molecule has 0 aliphatic carbocycles. The van der Waals surface area contributed by atoms with Crippen LogP contribution in [-0.2, 0) is 0 Å². The molecule has 0 fully saturated rings. The van der Waals surface area contributed by atoms with Gasteiger partial charge >= 0.3 is 0 Å². The van der Waals surface area contributed by atoms with E-state index in [1.807, 2.05) is 6.92 Å².